The van der Waals surface area contributed by atoms with E-state index in [4.69, 9.17) is 16.9 Å². The summed E-state index contributed by atoms with van der Waals surface area (Å²) in [5, 5.41) is 11.9. The molecule has 0 fully saturated rings. The van der Waals surface area contributed by atoms with Gasteiger partial charge in [-0.15, -0.1) is 0 Å². The highest BCUT2D eigenvalue weighted by molar-refractivity contribution is 6.30. The molecule has 0 saturated heterocycles. The summed E-state index contributed by atoms with van der Waals surface area (Å²) in [4.78, 5) is 12.9. The molecule has 6 heteroatoms. The number of aromatic nitrogens is 3. The van der Waals surface area contributed by atoms with Crippen LogP contribution in [0.5, 0.6) is 0 Å². The quantitative estimate of drug-likeness (QED) is 0.589. The molecule has 0 bridgehead atoms. The average molecular weight is 308 g/mol. The van der Waals surface area contributed by atoms with Crippen LogP contribution in [0, 0.1) is 11.5 Å². The number of rotatable bonds is 3. The Balaban J connectivity index is 2.12. The van der Waals surface area contributed by atoms with Gasteiger partial charge in [-0.1, -0.05) is 29.8 Å². The molecule has 22 heavy (non-hydrogen) atoms. The summed E-state index contributed by atoms with van der Waals surface area (Å²) in [5.74, 6) is 0.232. The number of hydrogen-bond donors (Lipinski definition) is 1. The molecule has 0 spiro atoms. The van der Waals surface area contributed by atoms with Crippen LogP contribution in [-0.2, 0) is 0 Å². The van der Waals surface area contributed by atoms with Gasteiger partial charge in [0.1, 0.15) is 0 Å². The van der Waals surface area contributed by atoms with Crippen molar-refractivity contribution in [1.29, 1.82) is 5.26 Å². The first kappa shape index (κ1) is 14.0. The third-order valence-corrected chi connectivity index (χ3v) is 3.21. The van der Waals surface area contributed by atoms with E-state index in [2.05, 4.69) is 20.3 Å². The molecular weight excluding hydrogens is 298 g/mol. The van der Waals surface area contributed by atoms with Crippen molar-refractivity contribution in [3.05, 3.63) is 59.8 Å². The Bertz CT molecular complexity index is 825. The maximum atomic E-state index is 8.80. The van der Waals surface area contributed by atoms with Gasteiger partial charge in [0.15, 0.2) is 6.19 Å². The Morgan fingerprint density at radius 1 is 0.955 bits per heavy atom. The topological polar surface area (TPSA) is 74.5 Å². The smallest absolute Gasteiger partial charge is 0.237 e. The number of halogens is 1. The van der Waals surface area contributed by atoms with Crippen LogP contribution >= 0.6 is 11.6 Å². The number of nitrogens with one attached hydrogen (secondary N) is 1. The number of nitrogens with zero attached hydrogens (tertiary/aromatic N) is 4. The third-order valence-electron chi connectivity index (χ3n) is 2.96. The van der Waals surface area contributed by atoms with Crippen LogP contribution in [0.3, 0.4) is 0 Å². The van der Waals surface area contributed by atoms with Crippen LogP contribution in [-0.4, -0.2) is 15.0 Å². The first-order valence-electron chi connectivity index (χ1n) is 6.48. The molecule has 1 N–H and O–H groups in total. The lowest BCUT2D eigenvalue weighted by Gasteiger charge is -2.07. The first-order chi connectivity index (χ1) is 10.8. The van der Waals surface area contributed by atoms with Gasteiger partial charge >= 0.3 is 0 Å². The largest absolute Gasteiger partial charge is 0.261 e. The predicted molar refractivity (Wildman–Crippen MR) is 84.9 cm³/mol. The van der Waals surface area contributed by atoms with Gasteiger partial charge in [-0.2, -0.15) is 5.26 Å². The van der Waals surface area contributed by atoms with E-state index in [0.717, 1.165) is 5.56 Å². The number of pyridine rings is 1. The second-order valence-electron chi connectivity index (χ2n) is 4.42. The second-order valence-corrected chi connectivity index (χ2v) is 4.86. The molecule has 5 nitrogen and oxygen atoms in total. The Morgan fingerprint density at radius 3 is 2.41 bits per heavy atom. The van der Waals surface area contributed by atoms with Crippen molar-refractivity contribution < 1.29 is 0 Å². The molecule has 1 aromatic carbocycles. The minimum absolute atomic E-state index is 0.232. The van der Waals surface area contributed by atoms with Gasteiger partial charge in [-0.05, 0) is 30.3 Å². The highest BCUT2D eigenvalue weighted by Gasteiger charge is 2.09. The van der Waals surface area contributed by atoms with Crippen molar-refractivity contribution in [2.75, 3.05) is 5.32 Å². The molecule has 3 rings (SSSR count). The summed E-state index contributed by atoms with van der Waals surface area (Å²) < 4.78 is 0. The predicted octanol–water partition coefficient (Wildman–Crippen LogP) is 3.75. The van der Waals surface area contributed by atoms with E-state index < -0.39 is 0 Å². The molecule has 0 aliphatic heterocycles. The highest BCUT2D eigenvalue weighted by atomic mass is 35.5. The third kappa shape index (κ3) is 3.03. The number of hydrogen-bond acceptors (Lipinski definition) is 5. The molecule has 0 saturated carbocycles. The van der Waals surface area contributed by atoms with Crippen molar-refractivity contribution in [3.63, 3.8) is 0 Å². The molecule has 3 aromatic rings. The summed E-state index contributed by atoms with van der Waals surface area (Å²) in [7, 11) is 0. The molecule has 0 aliphatic rings. The van der Waals surface area contributed by atoms with E-state index in [1.165, 1.54) is 0 Å². The van der Waals surface area contributed by atoms with Crippen molar-refractivity contribution in [2.45, 2.75) is 0 Å². The maximum Gasteiger partial charge on any atom is 0.237 e. The van der Waals surface area contributed by atoms with E-state index in [0.29, 0.717) is 22.1 Å². The van der Waals surface area contributed by atoms with Crippen molar-refractivity contribution in [1.82, 2.24) is 15.0 Å². The zero-order chi connectivity index (χ0) is 15.4. The Labute approximate surface area is 132 Å². The van der Waals surface area contributed by atoms with E-state index in [9.17, 15) is 0 Å². The molecule has 2 heterocycles. The van der Waals surface area contributed by atoms with Crippen LogP contribution in [0.4, 0.5) is 5.95 Å². The lowest BCUT2D eigenvalue weighted by Crippen LogP contribution is -2.00. The Hall–Kier alpha value is -2.97. The molecule has 2 aromatic heterocycles. The van der Waals surface area contributed by atoms with E-state index in [1.807, 2.05) is 42.6 Å². The average Bonchev–Trinajstić information content (AvgIpc) is 2.56. The SMILES string of the molecule is N#CNc1nc(-c2ccc(Cl)cc2)cc(-c2ccccn2)n1. The number of benzene rings is 1. The lowest BCUT2D eigenvalue weighted by molar-refractivity contribution is 1.15. The summed E-state index contributed by atoms with van der Waals surface area (Å²) in [6, 6.07) is 14.7. The van der Waals surface area contributed by atoms with Crippen molar-refractivity contribution >= 4 is 17.5 Å². The molecule has 0 radical (unpaired) electrons. The Morgan fingerprint density at radius 2 is 1.73 bits per heavy atom. The second kappa shape index (κ2) is 6.20. The van der Waals surface area contributed by atoms with Gasteiger partial charge in [0, 0.05) is 16.8 Å². The van der Waals surface area contributed by atoms with Crippen LogP contribution in [0.2, 0.25) is 5.02 Å². The summed E-state index contributed by atoms with van der Waals surface area (Å²) in [5.41, 5.74) is 2.91. The number of anilines is 1. The first-order valence-corrected chi connectivity index (χ1v) is 6.85. The fraction of sp³-hybridized carbons (Fsp3) is 0. The van der Waals surface area contributed by atoms with Gasteiger partial charge in [0.05, 0.1) is 17.1 Å². The normalized spacial score (nSPS) is 10.0. The van der Waals surface area contributed by atoms with Gasteiger partial charge in [0.25, 0.3) is 0 Å². The molecule has 0 amide bonds. The van der Waals surface area contributed by atoms with E-state index in [-0.39, 0.29) is 5.95 Å². The van der Waals surface area contributed by atoms with Gasteiger partial charge < -0.3 is 0 Å². The Kier molecular flexibility index (Phi) is 3.95. The molecule has 106 valence electrons. The fourth-order valence-electron chi connectivity index (χ4n) is 1.97. The van der Waals surface area contributed by atoms with Crippen LogP contribution in [0.25, 0.3) is 22.6 Å². The monoisotopic (exact) mass is 307 g/mol. The van der Waals surface area contributed by atoms with Crippen LogP contribution < -0.4 is 5.32 Å². The van der Waals surface area contributed by atoms with E-state index >= 15 is 0 Å². The maximum absolute atomic E-state index is 8.80. The van der Waals surface area contributed by atoms with Crippen LogP contribution in [0.15, 0.2) is 54.7 Å². The van der Waals surface area contributed by atoms with E-state index in [1.54, 1.807) is 18.3 Å². The molecule has 0 atom stereocenters. The van der Waals surface area contributed by atoms with Crippen molar-refractivity contribution in [3.8, 4) is 28.8 Å². The fourth-order valence-corrected chi connectivity index (χ4v) is 2.09. The van der Waals surface area contributed by atoms with Gasteiger partial charge in [0.2, 0.25) is 5.95 Å². The lowest BCUT2D eigenvalue weighted by atomic mass is 10.1. The summed E-state index contributed by atoms with van der Waals surface area (Å²) in [6.45, 7) is 0. The summed E-state index contributed by atoms with van der Waals surface area (Å²) in [6.07, 6.45) is 3.53. The molecule has 0 aliphatic carbocycles. The van der Waals surface area contributed by atoms with Crippen molar-refractivity contribution in [2.24, 2.45) is 0 Å². The molecule has 0 unspecified atom stereocenters. The highest BCUT2D eigenvalue weighted by Crippen LogP contribution is 2.25. The number of nitriles is 1. The molecular formula is C16H10ClN5. The van der Waals surface area contributed by atoms with Gasteiger partial charge in [-0.3, -0.25) is 10.3 Å². The van der Waals surface area contributed by atoms with Gasteiger partial charge in [-0.25, -0.2) is 9.97 Å². The minimum Gasteiger partial charge on any atom is -0.261 e. The standard InChI is InChI=1S/C16H10ClN5/c17-12-6-4-11(5-7-12)14-9-15(13-3-1-2-8-19-13)22-16(21-14)20-10-18/h1-9H,(H,20,21,22). The van der Waals surface area contributed by atoms with Crippen LogP contribution in [0.1, 0.15) is 0 Å². The minimum atomic E-state index is 0.232. The zero-order valence-corrected chi connectivity index (χ0v) is 12.1. The summed E-state index contributed by atoms with van der Waals surface area (Å²) >= 11 is 5.91. The zero-order valence-electron chi connectivity index (χ0n) is 11.4.